The Kier molecular flexibility index (Phi) is 4.00. The second kappa shape index (κ2) is 6.47. The van der Waals surface area contributed by atoms with Crippen LogP contribution in [0.25, 0.3) is 5.69 Å². The highest BCUT2D eigenvalue weighted by Gasteiger charge is 2.18. The van der Waals surface area contributed by atoms with Gasteiger partial charge < -0.3 is 15.2 Å². The normalized spacial score (nSPS) is 12.3. The molecular formula is C18H15FN4O3. The van der Waals surface area contributed by atoms with Crippen LogP contribution in [0.3, 0.4) is 0 Å². The molecule has 3 aromatic rings. The van der Waals surface area contributed by atoms with Crippen LogP contribution in [0.4, 0.5) is 4.39 Å². The molecule has 1 aliphatic heterocycles. The summed E-state index contributed by atoms with van der Waals surface area (Å²) in [6, 6.07) is 11.8. The molecule has 1 aliphatic rings. The van der Waals surface area contributed by atoms with Gasteiger partial charge in [0.2, 0.25) is 12.7 Å². The Balaban J connectivity index is 1.73. The highest BCUT2D eigenvalue weighted by Crippen LogP contribution is 2.33. The van der Waals surface area contributed by atoms with Gasteiger partial charge in [0, 0.05) is 6.42 Å². The number of benzene rings is 2. The molecule has 7 nitrogen and oxygen atoms in total. The molecule has 2 aromatic carbocycles. The Morgan fingerprint density at radius 2 is 2.00 bits per heavy atom. The molecule has 0 radical (unpaired) electrons. The molecule has 0 saturated carbocycles. The van der Waals surface area contributed by atoms with E-state index >= 15 is 0 Å². The van der Waals surface area contributed by atoms with E-state index in [9.17, 15) is 9.18 Å². The third-order valence-corrected chi connectivity index (χ3v) is 3.93. The van der Waals surface area contributed by atoms with E-state index in [2.05, 4.69) is 10.1 Å². The molecule has 0 saturated heterocycles. The molecule has 2 heterocycles. The molecule has 0 atom stereocenters. The summed E-state index contributed by atoms with van der Waals surface area (Å²) >= 11 is 0. The Bertz CT molecular complexity index is 986. The quantitative estimate of drug-likeness (QED) is 0.754. The standard InChI is InChI=1S/C18H15FN4O3/c19-12-3-1-2-4-13(12)23-18(21-17(22-23)9-16(20)24)8-11-5-6-14-15(7-11)26-10-25-14/h1-7H,8-10H2,(H2,20,24). The van der Waals surface area contributed by atoms with E-state index in [4.69, 9.17) is 15.2 Å². The van der Waals surface area contributed by atoms with Crippen molar-refractivity contribution >= 4 is 5.91 Å². The highest BCUT2D eigenvalue weighted by molar-refractivity contribution is 5.75. The lowest BCUT2D eigenvalue weighted by Crippen LogP contribution is -2.14. The summed E-state index contributed by atoms with van der Waals surface area (Å²) < 4.78 is 26.3. The first-order valence-electron chi connectivity index (χ1n) is 7.97. The number of nitrogens with two attached hydrogens (primary N) is 1. The van der Waals surface area contributed by atoms with Crippen LogP contribution in [0.15, 0.2) is 42.5 Å². The predicted molar refractivity (Wildman–Crippen MR) is 89.6 cm³/mol. The molecule has 1 aromatic heterocycles. The zero-order valence-electron chi connectivity index (χ0n) is 13.7. The maximum absolute atomic E-state index is 14.2. The molecule has 2 N–H and O–H groups in total. The zero-order valence-corrected chi connectivity index (χ0v) is 13.7. The van der Waals surface area contributed by atoms with E-state index in [0.29, 0.717) is 23.7 Å². The summed E-state index contributed by atoms with van der Waals surface area (Å²) in [5.41, 5.74) is 6.38. The molecule has 0 aliphatic carbocycles. The zero-order chi connectivity index (χ0) is 18.1. The second-order valence-electron chi connectivity index (χ2n) is 5.81. The number of rotatable bonds is 5. The third-order valence-electron chi connectivity index (χ3n) is 3.93. The van der Waals surface area contributed by atoms with Crippen LogP contribution >= 0.6 is 0 Å². The Morgan fingerprint density at radius 3 is 2.81 bits per heavy atom. The van der Waals surface area contributed by atoms with Gasteiger partial charge >= 0.3 is 0 Å². The second-order valence-corrected chi connectivity index (χ2v) is 5.81. The average Bonchev–Trinajstić information content (AvgIpc) is 3.21. The maximum atomic E-state index is 14.2. The Labute approximate surface area is 148 Å². The van der Waals surface area contributed by atoms with Gasteiger partial charge in [-0.25, -0.2) is 14.1 Å². The van der Waals surface area contributed by atoms with E-state index in [1.165, 1.54) is 10.7 Å². The average molecular weight is 354 g/mol. The van der Waals surface area contributed by atoms with Gasteiger partial charge in [0.1, 0.15) is 17.3 Å². The number of carbonyl (C=O) groups is 1. The number of ether oxygens (including phenoxy) is 2. The molecule has 132 valence electrons. The van der Waals surface area contributed by atoms with Crippen LogP contribution in [-0.4, -0.2) is 27.5 Å². The largest absolute Gasteiger partial charge is 0.454 e. The number of halogens is 1. The lowest BCUT2D eigenvalue weighted by Gasteiger charge is -2.07. The van der Waals surface area contributed by atoms with Crippen LogP contribution in [0.5, 0.6) is 11.5 Å². The van der Waals surface area contributed by atoms with Crippen molar-refractivity contribution in [2.45, 2.75) is 12.8 Å². The van der Waals surface area contributed by atoms with Crippen LogP contribution in [-0.2, 0) is 17.6 Å². The number of primary amides is 1. The van der Waals surface area contributed by atoms with Crippen molar-refractivity contribution in [1.29, 1.82) is 0 Å². The van der Waals surface area contributed by atoms with Crippen molar-refractivity contribution in [3.8, 4) is 17.2 Å². The lowest BCUT2D eigenvalue weighted by molar-refractivity contribution is -0.117. The van der Waals surface area contributed by atoms with E-state index in [0.717, 1.165) is 5.56 Å². The van der Waals surface area contributed by atoms with Gasteiger partial charge in [-0.1, -0.05) is 18.2 Å². The Hall–Kier alpha value is -3.42. The number of aromatic nitrogens is 3. The SMILES string of the molecule is NC(=O)Cc1nc(Cc2ccc3c(c2)OCO3)n(-c2ccccc2F)n1. The van der Waals surface area contributed by atoms with Gasteiger partial charge in [-0.3, -0.25) is 4.79 Å². The van der Waals surface area contributed by atoms with Crippen LogP contribution in [0.1, 0.15) is 17.2 Å². The highest BCUT2D eigenvalue weighted by atomic mass is 19.1. The minimum Gasteiger partial charge on any atom is -0.454 e. The number of carbonyl (C=O) groups excluding carboxylic acids is 1. The molecule has 26 heavy (non-hydrogen) atoms. The topological polar surface area (TPSA) is 92.3 Å². The summed E-state index contributed by atoms with van der Waals surface area (Å²) in [4.78, 5) is 15.6. The first-order chi connectivity index (χ1) is 12.6. The molecule has 4 rings (SSSR count). The predicted octanol–water partition coefficient (Wildman–Crippen LogP) is 1.75. The minimum atomic E-state index is -0.551. The third kappa shape index (κ3) is 3.08. The number of fused-ring (bicyclic) bond motifs is 1. The van der Waals surface area contributed by atoms with Crippen molar-refractivity contribution in [2.75, 3.05) is 6.79 Å². The first-order valence-corrected chi connectivity index (χ1v) is 7.97. The summed E-state index contributed by atoms with van der Waals surface area (Å²) in [5.74, 6) is 1.08. The van der Waals surface area contributed by atoms with Crippen molar-refractivity contribution in [2.24, 2.45) is 5.73 Å². The van der Waals surface area contributed by atoms with Crippen LogP contribution in [0.2, 0.25) is 0 Å². The molecular weight excluding hydrogens is 339 g/mol. The van der Waals surface area contributed by atoms with Gasteiger partial charge in [0.05, 0.1) is 6.42 Å². The van der Waals surface area contributed by atoms with Crippen LogP contribution in [0, 0.1) is 5.82 Å². The van der Waals surface area contributed by atoms with E-state index in [1.807, 2.05) is 18.2 Å². The lowest BCUT2D eigenvalue weighted by atomic mass is 10.1. The molecule has 0 fully saturated rings. The smallest absolute Gasteiger partial charge is 0.231 e. The van der Waals surface area contributed by atoms with Crippen molar-refractivity contribution in [1.82, 2.24) is 14.8 Å². The number of para-hydroxylation sites is 1. The fraction of sp³-hybridized carbons (Fsp3) is 0.167. The summed E-state index contributed by atoms with van der Waals surface area (Å²) in [7, 11) is 0. The summed E-state index contributed by atoms with van der Waals surface area (Å²) in [6.45, 7) is 0.187. The number of hydrogen-bond donors (Lipinski definition) is 1. The van der Waals surface area contributed by atoms with E-state index < -0.39 is 11.7 Å². The Morgan fingerprint density at radius 1 is 1.19 bits per heavy atom. The van der Waals surface area contributed by atoms with Crippen molar-refractivity contribution in [3.05, 3.63) is 65.5 Å². The molecule has 0 unspecified atom stereocenters. The van der Waals surface area contributed by atoms with Crippen molar-refractivity contribution < 1.29 is 18.7 Å². The first kappa shape index (κ1) is 16.1. The minimum absolute atomic E-state index is 0.115. The van der Waals surface area contributed by atoms with Crippen molar-refractivity contribution in [3.63, 3.8) is 0 Å². The van der Waals surface area contributed by atoms with Gasteiger partial charge in [-0.05, 0) is 29.8 Å². The fourth-order valence-corrected chi connectivity index (χ4v) is 2.79. The molecule has 0 bridgehead atoms. The van der Waals surface area contributed by atoms with Gasteiger partial charge in [-0.2, -0.15) is 5.10 Å². The van der Waals surface area contributed by atoms with Gasteiger partial charge in [0.25, 0.3) is 0 Å². The molecule has 1 amide bonds. The monoisotopic (exact) mass is 354 g/mol. The molecule has 8 heteroatoms. The number of amides is 1. The molecule has 0 spiro atoms. The summed E-state index contributed by atoms with van der Waals surface area (Å²) in [6.07, 6.45) is 0.256. The summed E-state index contributed by atoms with van der Waals surface area (Å²) in [5, 5.41) is 4.26. The van der Waals surface area contributed by atoms with Gasteiger partial charge in [0.15, 0.2) is 17.3 Å². The van der Waals surface area contributed by atoms with E-state index in [-0.39, 0.29) is 24.7 Å². The van der Waals surface area contributed by atoms with Crippen LogP contribution < -0.4 is 15.2 Å². The number of hydrogen-bond acceptors (Lipinski definition) is 5. The van der Waals surface area contributed by atoms with E-state index in [1.54, 1.807) is 18.2 Å². The maximum Gasteiger partial charge on any atom is 0.231 e. The number of nitrogens with zero attached hydrogens (tertiary/aromatic N) is 3. The fourth-order valence-electron chi connectivity index (χ4n) is 2.79. The van der Waals surface area contributed by atoms with Gasteiger partial charge in [-0.15, -0.1) is 0 Å².